The fraction of sp³-hybridized carbons (Fsp3) is 0.634. The Kier molecular flexibility index (Phi) is 19.8. The summed E-state index contributed by atoms with van der Waals surface area (Å²) in [4.78, 5) is 38.2. The summed E-state index contributed by atoms with van der Waals surface area (Å²) in [6.45, 7) is 3.05. The second kappa shape index (κ2) is 24.0. The molecule has 2 aromatic rings. The Bertz CT molecular complexity index is 1230. The number of ether oxygens (including phenoxy) is 3. The molecule has 4 unspecified atom stereocenters. The molecule has 0 bridgehead atoms. The number of rotatable bonds is 24. The molecule has 0 aromatic heterocycles. The van der Waals surface area contributed by atoms with E-state index in [1.165, 1.54) is 17.5 Å². The number of carbonyl (C=O) groups excluding carboxylic acids is 3. The van der Waals surface area contributed by atoms with Gasteiger partial charge >= 0.3 is 11.9 Å². The summed E-state index contributed by atoms with van der Waals surface area (Å²) in [5, 5.41) is 23.2. The second-order valence-corrected chi connectivity index (χ2v) is 13.9. The zero-order valence-corrected chi connectivity index (χ0v) is 30.3. The Hall–Kier alpha value is -3.27. The highest BCUT2D eigenvalue weighted by molar-refractivity contribution is 5.78. The zero-order chi connectivity index (χ0) is 36.0. The lowest BCUT2D eigenvalue weighted by molar-refractivity contribution is -0.241. The number of aliphatic hydroxyl groups excluding tert-OH is 2. The summed E-state index contributed by atoms with van der Waals surface area (Å²) in [6, 6.07) is 19.9. The fourth-order valence-corrected chi connectivity index (χ4v) is 6.57. The van der Waals surface area contributed by atoms with Gasteiger partial charge in [-0.2, -0.15) is 0 Å². The first kappa shape index (κ1) is 41.2. The molecular formula is C41H61NO8. The van der Waals surface area contributed by atoms with Gasteiger partial charge in [-0.3, -0.25) is 14.4 Å². The molecule has 2 aromatic carbocycles. The number of benzene rings is 2. The number of unbranched alkanes of at least 4 members (excludes halogenated alkanes) is 10. The molecule has 3 rings (SSSR count). The van der Waals surface area contributed by atoms with E-state index >= 15 is 0 Å². The van der Waals surface area contributed by atoms with Gasteiger partial charge in [0.1, 0.15) is 18.2 Å². The summed E-state index contributed by atoms with van der Waals surface area (Å²) in [6.07, 6.45) is 11.1. The third kappa shape index (κ3) is 16.2. The van der Waals surface area contributed by atoms with Crippen LogP contribution in [0.5, 0.6) is 0 Å². The first-order chi connectivity index (χ1) is 24.3. The van der Waals surface area contributed by atoms with Crippen molar-refractivity contribution in [3.05, 3.63) is 71.8 Å². The predicted octanol–water partition coefficient (Wildman–Crippen LogP) is 7.00. The van der Waals surface area contributed by atoms with Crippen LogP contribution in [0.15, 0.2) is 60.7 Å². The Morgan fingerprint density at radius 1 is 0.740 bits per heavy atom. The molecule has 9 heteroatoms. The van der Waals surface area contributed by atoms with Gasteiger partial charge < -0.3 is 29.7 Å². The van der Waals surface area contributed by atoms with Crippen LogP contribution in [0.25, 0.3) is 0 Å². The van der Waals surface area contributed by atoms with Gasteiger partial charge in [-0.15, -0.1) is 0 Å². The van der Waals surface area contributed by atoms with Crippen LogP contribution in [0.3, 0.4) is 0 Å². The van der Waals surface area contributed by atoms with Crippen molar-refractivity contribution in [3.8, 4) is 0 Å². The minimum absolute atomic E-state index is 0.111. The van der Waals surface area contributed by atoms with E-state index in [2.05, 4.69) is 53.8 Å². The maximum atomic E-state index is 13.0. The molecule has 1 saturated heterocycles. The van der Waals surface area contributed by atoms with Gasteiger partial charge in [-0.1, -0.05) is 119 Å². The SMILES string of the molecule is CC(CC(=O)NC1C(O)O[C@H](CO)[C@@H](C)C1OC(=O)CCCCCCCCc1ccccc1)OC(=O)CCCCCCCCc1ccccc1. The maximum absolute atomic E-state index is 13.0. The first-order valence-corrected chi connectivity index (χ1v) is 19.0. The van der Waals surface area contributed by atoms with E-state index in [9.17, 15) is 24.6 Å². The molecule has 0 saturated carbocycles. The monoisotopic (exact) mass is 695 g/mol. The summed E-state index contributed by atoms with van der Waals surface area (Å²) in [5.41, 5.74) is 2.73. The highest BCUT2D eigenvalue weighted by atomic mass is 16.6. The van der Waals surface area contributed by atoms with Crippen molar-refractivity contribution in [2.45, 2.75) is 154 Å². The van der Waals surface area contributed by atoms with E-state index < -0.39 is 48.4 Å². The van der Waals surface area contributed by atoms with Crippen molar-refractivity contribution >= 4 is 17.8 Å². The van der Waals surface area contributed by atoms with E-state index in [4.69, 9.17) is 14.2 Å². The number of esters is 2. The van der Waals surface area contributed by atoms with Crippen LogP contribution in [0.4, 0.5) is 0 Å². The number of hydrogen-bond donors (Lipinski definition) is 3. The van der Waals surface area contributed by atoms with Crippen LogP contribution >= 0.6 is 0 Å². The van der Waals surface area contributed by atoms with Crippen molar-refractivity contribution in [2.24, 2.45) is 5.92 Å². The van der Waals surface area contributed by atoms with Crippen LogP contribution in [0.2, 0.25) is 0 Å². The quantitative estimate of drug-likeness (QED) is 0.0791. The molecule has 1 heterocycles. The van der Waals surface area contributed by atoms with Gasteiger partial charge in [0.2, 0.25) is 5.91 Å². The fourth-order valence-electron chi connectivity index (χ4n) is 6.57. The molecule has 50 heavy (non-hydrogen) atoms. The predicted molar refractivity (Wildman–Crippen MR) is 194 cm³/mol. The number of nitrogens with one attached hydrogen (secondary N) is 1. The van der Waals surface area contributed by atoms with Crippen molar-refractivity contribution in [1.82, 2.24) is 5.32 Å². The van der Waals surface area contributed by atoms with Gasteiger partial charge in [-0.05, 0) is 56.6 Å². The summed E-state index contributed by atoms with van der Waals surface area (Å²) >= 11 is 0. The van der Waals surface area contributed by atoms with Crippen LogP contribution in [-0.2, 0) is 41.4 Å². The Balaban J connectivity index is 1.30. The second-order valence-electron chi connectivity index (χ2n) is 13.9. The molecule has 6 atom stereocenters. The Morgan fingerprint density at radius 3 is 1.74 bits per heavy atom. The molecule has 1 fully saturated rings. The van der Waals surface area contributed by atoms with E-state index in [1.807, 2.05) is 12.1 Å². The number of aliphatic hydroxyl groups is 2. The van der Waals surface area contributed by atoms with E-state index in [1.54, 1.807) is 13.8 Å². The number of carbonyl (C=O) groups is 3. The summed E-state index contributed by atoms with van der Waals surface area (Å²) in [5.74, 6) is -1.68. The Morgan fingerprint density at radius 2 is 1.22 bits per heavy atom. The van der Waals surface area contributed by atoms with Crippen LogP contribution in [0.1, 0.15) is 121 Å². The van der Waals surface area contributed by atoms with Gasteiger partial charge in [0.25, 0.3) is 0 Å². The average molecular weight is 696 g/mol. The molecular weight excluding hydrogens is 634 g/mol. The summed E-state index contributed by atoms with van der Waals surface area (Å²) < 4.78 is 16.8. The molecule has 0 radical (unpaired) electrons. The van der Waals surface area contributed by atoms with Gasteiger partial charge in [0, 0.05) is 18.8 Å². The van der Waals surface area contributed by atoms with E-state index in [0.29, 0.717) is 12.8 Å². The van der Waals surface area contributed by atoms with Crippen molar-refractivity contribution in [1.29, 1.82) is 0 Å². The minimum atomic E-state index is -1.47. The lowest BCUT2D eigenvalue weighted by Crippen LogP contribution is -2.62. The molecule has 1 aliphatic rings. The van der Waals surface area contributed by atoms with E-state index in [0.717, 1.165) is 77.0 Å². The molecule has 9 nitrogen and oxygen atoms in total. The lowest BCUT2D eigenvalue weighted by Gasteiger charge is -2.43. The van der Waals surface area contributed by atoms with E-state index in [-0.39, 0.29) is 25.4 Å². The minimum Gasteiger partial charge on any atom is -0.462 e. The van der Waals surface area contributed by atoms with Gasteiger partial charge in [-0.25, -0.2) is 0 Å². The highest BCUT2D eigenvalue weighted by Crippen LogP contribution is 2.28. The van der Waals surface area contributed by atoms with Gasteiger partial charge in [0.15, 0.2) is 6.29 Å². The van der Waals surface area contributed by atoms with Crippen LogP contribution < -0.4 is 5.32 Å². The number of hydrogen-bond acceptors (Lipinski definition) is 8. The van der Waals surface area contributed by atoms with Crippen molar-refractivity contribution in [2.75, 3.05) is 6.61 Å². The van der Waals surface area contributed by atoms with Crippen LogP contribution in [-0.4, -0.2) is 65.3 Å². The maximum Gasteiger partial charge on any atom is 0.306 e. The normalized spacial score (nSPS) is 20.9. The van der Waals surface area contributed by atoms with Gasteiger partial charge in [0.05, 0.1) is 19.1 Å². The lowest BCUT2D eigenvalue weighted by atomic mass is 9.89. The molecule has 0 aliphatic carbocycles. The standard InChI is InChI=1S/C41H61NO8/c1-31(48-37(45)27-19-9-5-3-7-13-21-33-23-15-11-16-24-33)29-36(44)42-39-40(32(2)35(30-43)49-41(39)47)50-38(46)28-20-10-6-4-8-14-22-34-25-17-12-18-26-34/h11-12,15-18,23-26,31-32,35,39-41,43,47H,3-10,13-14,19-22,27-30H2,1-2H3,(H,42,44)/t31?,32-,35-,39?,40?,41?/m1/s1. The number of amides is 1. The average Bonchev–Trinajstić information content (AvgIpc) is 3.10. The van der Waals surface area contributed by atoms with Crippen molar-refractivity contribution in [3.63, 3.8) is 0 Å². The molecule has 0 spiro atoms. The van der Waals surface area contributed by atoms with Crippen LogP contribution in [0, 0.1) is 5.92 Å². The zero-order valence-electron chi connectivity index (χ0n) is 30.3. The smallest absolute Gasteiger partial charge is 0.306 e. The molecule has 3 N–H and O–H groups in total. The molecule has 278 valence electrons. The third-order valence-electron chi connectivity index (χ3n) is 9.54. The topological polar surface area (TPSA) is 131 Å². The molecule has 1 amide bonds. The molecule has 1 aliphatic heterocycles. The number of aryl methyl sites for hydroxylation is 2. The highest BCUT2D eigenvalue weighted by Gasteiger charge is 2.46. The summed E-state index contributed by atoms with van der Waals surface area (Å²) in [7, 11) is 0. The largest absolute Gasteiger partial charge is 0.462 e. The Labute approximate surface area is 299 Å². The third-order valence-corrected chi connectivity index (χ3v) is 9.54. The van der Waals surface area contributed by atoms with Crippen molar-refractivity contribution < 1.29 is 38.8 Å². The first-order valence-electron chi connectivity index (χ1n) is 19.0.